The molecule has 0 radical (unpaired) electrons. The van der Waals surface area contributed by atoms with Crippen molar-refractivity contribution in [1.29, 1.82) is 0 Å². The maximum atomic E-state index is 15.9. The second-order valence-electron chi connectivity index (χ2n) is 14.5. The molecule has 0 saturated carbocycles. The quantitative estimate of drug-likeness (QED) is 0.0491. The van der Waals surface area contributed by atoms with E-state index in [2.05, 4.69) is 20.5 Å². The van der Waals surface area contributed by atoms with Gasteiger partial charge in [0.25, 0.3) is 0 Å². The summed E-state index contributed by atoms with van der Waals surface area (Å²) in [5.74, 6) is -1.09. The van der Waals surface area contributed by atoms with Crippen LogP contribution < -0.4 is 5.32 Å². The number of rotatable bonds is 14. The van der Waals surface area contributed by atoms with E-state index < -0.39 is 17.5 Å². The number of nitrogens with zero attached hydrogens (tertiary/aromatic N) is 5. The van der Waals surface area contributed by atoms with Gasteiger partial charge < -0.3 is 19.2 Å². The normalized spacial score (nSPS) is 12.2. The number of amides is 1. The van der Waals surface area contributed by atoms with Crippen molar-refractivity contribution in [3.63, 3.8) is 0 Å². The van der Waals surface area contributed by atoms with E-state index in [9.17, 15) is 13.6 Å². The van der Waals surface area contributed by atoms with Gasteiger partial charge in [0.15, 0.2) is 5.82 Å². The van der Waals surface area contributed by atoms with Crippen molar-refractivity contribution in [2.45, 2.75) is 74.1 Å². The van der Waals surface area contributed by atoms with E-state index in [-0.39, 0.29) is 24.4 Å². The third-order valence-corrected chi connectivity index (χ3v) is 10.5. The number of ether oxygens (including phenoxy) is 1. The fourth-order valence-corrected chi connectivity index (χ4v) is 6.99. The Kier molecular flexibility index (Phi) is 14.3. The highest BCUT2D eigenvalue weighted by Gasteiger charge is 2.20. The van der Waals surface area contributed by atoms with Gasteiger partial charge in [-0.2, -0.15) is 5.10 Å². The fourth-order valence-electron chi connectivity index (χ4n) is 6.83. The first-order valence-electron chi connectivity index (χ1n) is 19.7. The first kappa shape index (κ1) is 44.1. The second kappa shape index (κ2) is 19.7. The van der Waals surface area contributed by atoms with E-state index in [4.69, 9.17) is 21.3 Å². The number of hydrogen-bond donors (Lipinski definition) is 2. The predicted octanol–water partition coefficient (Wildman–Crippen LogP) is 11.7. The Morgan fingerprint density at radius 3 is 2.43 bits per heavy atom. The summed E-state index contributed by atoms with van der Waals surface area (Å²) in [6.45, 7) is 12.5. The summed E-state index contributed by atoms with van der Waals surface area (Å²) in [4.78, 5) is 20.0. The van der Waals surface area contributed by atoms with Crippen LogP contribution in [0.2, 0.25) is 5.02 Å². The molecule has 0 aliphatic heterocycles. The molecule has 61 heavy (non-hydrogen) atoms. The molecule has 9 nitrogen and oxygen atoms in total. The summed E-state index contributed by atoms with van der Waals surface area (Å²) in [5, 5.41) is 10.4. The van der Waals surface area contributed by atoms with Gasteiger partial charge in [-0.05, 0) is 118 Å². The molecule has 316 valence electrons. The number of carbonyl (C=O) groups excluding carboxylic acids is 1. The van der Waals surface area contributed by atoms with Crippen LogP contribution in [-0.4, -0.2) is 35.7 Å². The number of imidazole rings is 2. The maximum absolute atomic E-state index is 15.9. The molecule has 0 saturated heterocycles. The van der Waals surface area contributed by atoms with Crippen LogP contribution in [0.25, 0.3) is 27.5 Å². The number of fused-ring (bicyclic) bond motifs is 2. The van der Waals surface area contributed by atoms with E-state index in [1.807, 2.05) is 55.9 Å². The van der Waals surface area contributed by atoms with Crippen molar-refractivity contribution >= 4 is 51.2 Å². The molecular formula is C47H46ClF4N7O2. The molecule has 2 N–H and O–H groups in total. The van der Waals surface area contributed by atoms with Crippen LogP contribution in [0, 0.1) is 37.1 Å². The Hall–Kier alpha value is -6.47. The van der Waals surface area contributed by atoms with E-state index in [0.717, 1.165) is 33.4 Å². The first-order valence-corrected chi connectivity index (χ1v) is 20.1. The molecule has 0 bridgehead atoms. The number of benzene rings is 4. The molecule has 3 aromatic heterocycles. The lowest BCUT2D eigenvalue weighted by Gasteiger charge is -2.14. The minimum atomic E-state index is -0.689. The molecule has 0 unspecified atom stereocenters. The van der Waals surface area contributed by atoms with Crippen molar-refractivity contribution in [1.82, 2.24) is 29.3 Å². The van der Waals surface area contributed by atoms with Crippen LogP contribution in [0.5, 0.6) is 0 Å². The molecular weight excluding hydrogens is 806 g/mol. The van der Waals surface area contributed by atoms with Gasteiger partial charge in [-0.1, -0.05) is 42.3 Å². The highest BCUT2D eigenvalue weighted by molar-refractivity contribution is 6.30. The Bertz CT molecular complexity index is 2780. The van der Waals surface area contributed by atoms with Crippen molar-refractivity contribution in [3.8, 4) is 0 Å². The molecule has 14 heteroatoms. The molecule has 4 aromatic carbocycles. The molecule has 0 aliphatic carbocycles. The number of halogens is 5. The van der Waals surface area contributed by atoms with Crippen molar-refractivity contribution in [2.75, 3.05) is 5.32 Å². The lowest BCUT2D eigenvalue weighted by molar-refractivity contribution is -0.105. The van der Waals surface area contributed by atoms with E-state index >= 15 is 8.78 Å². The Balaban J connectivity index is 0.000000441. The number of anilines is 1. The van der Waals surface area contributed by atoms with Crippen molar-refractivity contribution < 1.29 is 27.1 Å². The van der Waals surface area contributed by atoms with Crippen LogP contribution >= 0.6 is 11.6 Å². The zero-order valence-electron chi connectivity index (χ0n) is 34.7. The standard InChI is InChI=1S/C38H37ClF3N5O2.C9H9FN2/c1-5-24(3)31(9-7-8-25(4)49-21-26-10-11-28(39)16-33(26)40)27-14-34(41)32(35(42)15-27)18-38-45-36-17-29(44-23-48)12-13-37(36)47(38)20-30-19-43-22-46(30)6-2;1-5-3-7-6(2)11-12-9(7)8(10)4-5/h7-17,19,22-23H,5-6,18,20-21H2,1-4H3,(H,44,48);3-4H,1-2H3,(H,11,12)/b9-7-,25-8+,31-24-;. The van der Waals surface area contributed by atoms with Gasteiger partial charge >= 0.3 is 0 Å². The molecule has 0 spiro atoms. The Morgan fingerprint density at radius 1 is 0.951 bits per heavy atom. The fraction of sp³-hybridized carbons (Fsp3) is 0.234. The van der Waals surface area contributed by atoms with E-state index in [1.54, 1.807) is 61.9 Å². The molecule has 7 aromatic rings. The SMILES string of the molecule is CC/C(C)=C(/C=C\C=C(/C)OCc1ccc(Cl)cc1F)c1cc(F)c(Cc2nc3cc(NC=O)ccc3n2Cc2cncn2CC)c(F)c1.Cc1cc(F)c2n[nH]c(C)c2c1. The minimum Gasteiger partial charge on any atom is -0.493 e. The van der Waals surface area contributed by atoms with Crippen molar-refractivity contribution in [3.05, 3.63) is 171 Å². The third kappa shape index (κ3) is 10.5. The molecule has 1 amide bonds. The summed E-state index contributed by atoms with van der Waals surface area (Å²) >= 11 is 5.83. The number of allylic oxidation sites excluding steroid dienone is 6. The Morgan fingerprint density at radius 2 is 1.72 bits per heavy atom. The van der Waals surface area contributed by atoms with Gasteiger partial charge in [-0.15, -0.1) is 0 Å². The van der Waals surface area contributed by atoms with E-state index in [0.29, 0.717) is 75.9 Å². The van der Waals surface area contributed by atoms with Gasteiger partial charge in [0.1, 0.15) is 35.4 Å². The summed E-state index contributed by atoms with van der Waals surface area (Å²) in [6, 6.07) is 15.8. The topological polar surface area (TPSA) is 103 Å². The Labute approximate surface area is 356 Å². The molecule has 3 heterocycles. The third-order valence-electron chi connectivity index (χ3n) is 10.3. The summed E-state index contributed by atoms with van der Waals surface area (Å²) in [6.07, 6.45) is 9.88. The number of aromatic amines is 1. The monoisotopic (exact) mass is 851 g/mol. The average molecular weight is 852 g/mol. The average Bonchev–Trinajstić information content (AvgIpc) is 3.94. The van der Waals surface area contributed by atoms with Crippen molar-refractivity contribution in [2.24, 2.45) is 0 Å². The number of hydrogen-bond acceptors (Lipinski definition) is 5. The molecule has 0 aliphatic rings. The summed E-state index contributed by atoms with van der Waals surface area (Å²) in [7, 11) is 0. The number of aryl methyl sites for hydroxylation is 3. The smallest absolute Gasteiger partial charge is 0.211 e. The number of aromatic nitrogens is 6. The highest BCUT2D eigenvalue weighted by Crippen LogP contribution is 2.30. The number of nitrogens with one attached hydrogen (secondary N) is 2. The van der Waals surface area contributed by atoms with Crippen LogP contribution in [0.15, 0.2) is 103 Å². The molecule has 0 atom stereocenters. The highest BCUT2D eigenvalue weighted by atomic mass is 35.5. The first-order chi connectivity index (χ1) is 29.3. The molecule has 0 fully saturated rings. The van der Waals surface area contributed by atoms with Gasteiger partial charge in [0.05, 0.1) is 35.4 Å². The summed E-state index contributed by atoms with van der Waals surface area (Å²) < 4.78 is 68.7. The van der Waals surface area contributed by atoms with Gasteiger partial charge in [0, 0.05) is 52.1 Å². The second-order valence-corrected chi connectivity index (χ2v) is 15.0. The zero-order valence-corrected chi connectivity index (χ0v) is 35.5. The van der Waals surface area contributed by atoms with Crippen LogP contribution in [0.4, 0.5) is 23.2 Å². The minimum absolute atomic E-state index is 0.0284. The van der Waals surface area contributed by atoms with Crippen LogP contribution in [0.1, 0.15) is 73.6 Å². The number of H-pyrrole nitrogens is 1. The molecule has 7 rings (SSSR count). The maximum Gasteiger partial charge on any atom is 0.211 e. The number of carbonyl (C=O) groups is 1. The van der Waals surface area contributed by atoms with Gasteiger partial charge in [-0.25, -0.2) is 27.5 Å². The van der Waals surface area contributed by atoms with E-state index in [1.165, 1.54) is 24.3 Å². The summed E-state index contributed by atoms with van der Waals surface area (Å²) in [5.41, 5.74) is 7.35. The van der Waals surface area contributed by atoms with Crippen LogP contribution in [-0.2, 0) is 35.6 Å². The largest absolute Gasteiger partial charge is 0.493 e. The van der Waals surface area contributed by atoms with Gasteiger partial charge in [0.2, 0.25) is 6.41 Å². The zero-order chi connectivity index (χ0) is 43.8. The predicted molar refractivity (Wildman–Crippen MR) is 233 cm³/mol. The lowest BCUT2D eigenvalue weighted by atomic mass is 9.96. The van der Waals surface area contributed by atoms with Gasteiger partial charge in [-0.3, -0.25) is 9.89 Å². The van der Waals surface area contributed by atoms with Crippen LogP contribution in [0.3, 0.4) is 0 Å². The lowest BCUT2D eigenvalue weighted by Crippen LogP contribution is -2.11.